The second-order valence-corrected chi connectivity index (χ2v) is 10.3. The minimum absolute atomic E-state index is 0.0820. The van der Waals surface area contributed by atoms with Crippen LogP contribution in [0.2, 0.25) is 0 Å². The molecule has 1 unspecified atom stereocenters. The largest absolute Gasteiger partial charge is 0.606 e. The molecule has 142 valence electrons. The Bertz CT molecular complexity index is 1180. The molecule has 0 bridgehead atoms. The third kappa shape index (κ3) is 3.92. The maximum absolute atomic E-state index is 12.7. The minimum atomic E-state index is -3.82. The van der Waals surface area contributed by atoms with Crippen LogP contribution in [0, 0.1) is 0 Å². The molecule has 0 spiro atoms. The number of hydrogen-bond acceptors (Lipinski definition) is 7. The van der Waals surface area contributed by atoms with Crippen LogP contribution in [0.5, 0.6) is 0 Å². The topological polar surface area (TPSA) is 124 Å². The van der Waals surface area contributed by atoms with Gasteiger partial charge >= 0.3 is 0 Å². The van der Waals surface area contributed by atoms with Gasteiger partial charge in [-0.2, -0.15) is 0 Å². The summed E-state index contributed by atoms with van der Waals surface area (Å²) in [6.45, 7) is 0. The molecule has 1 atom stereocenters. The second kappa shape index (κ2) is 7.72. The van der Waals surface area contributed by atoms with E-state index in [0.717, 1.165) is 11.3 Å². The number of H-pyrrole nitrogens is 1. The normalized spacial score (nSPS) is 12.6. The van der Waals surface area contributed by atoms with Crippen molar-refractivity contribution < 1.29 is 13.0 Å². The quantitative estimate of drug-likeness (QED) is 0.453. The van der Waals surface area contributed by atoms with Crippen LogP contribution in [-0.2, 0) is 21.2 Å². The summed E-state index contributed by atoms with van der Waals surface area (Å²) in [4.78, 5) is 0.620. The Balaban J connectivity index is 1.57. The lowest BCUT2D eigenvalue weighted by molar-refractivity contribution is 0.597. The molecule has 4 aromatic rings. The molecule has 0 saturated heterocycles. The summed E-state index contributed by atoms with van der Waals surface area (Å²) in [6.07, 6.45) is 0. The lowest BCUT2D eigenvalue weighted by Crippen LogP contribution is -2.11. The van der Waals surface area contributed by atoms with Crippen molar-refractivity contribution in [1.82, 2.24) is 20.6 Å². The summed E-state index contributed by atoms with van der Waals surface area (Å²) < 4.78 is 41.1. The Labute approximate surface area is 167 Å². The van der Waals surface area contributed by atoms with Crippen LogP contribution in [0.3, 0.4) is 0 Å². The van der Waals surface area contributed by atoms with Gasteiger partial charge in [-0.3, -0.25) is 4.72 Å². The Morgan fingerprint density at radius 3 is 2.61 bits per heavy atom. The number of hydrogen-bond donors (Lipinski definition) is 2. The van der Waals surface area contributed by atoms with Crippen molar-refractivity contribution in [1.29, 1.82) is 0 Å². The molecule has 0 aliphatic heterocycles. The van der Waals surface area contributed by atoms with Gasteiger partial charge in [-0.05, 0) is 40.8 Å². The minimum Gasteiger partial charge on any atom is -0.606 e. The van der Waals surface area contributed by atoms with Gasteiger partial charge in [-0.15, -0.1) is 5.10 Å². The van der Waals surface area contributed by atoms with Crippen LogP contribution in [0.25, 0.3) is 11.4 Å². The maximum atomic E-state index is 12.7. The summed E-state index contributed by atoms with van der Waals surface area (Å²) in [5.74, 6) is 0.428. The standard InChI is InChI=1S/C17H13N5O3S3/c23-27(14-7-2-1-3-8-14)15-9-10-16(26-15)28(24,25)20-13-6-4-5-12(11-13)17-18-21-22-19-17/h1-11,20H,(H,18,19,21,22). The van der Waals surface area contributed by atoms with Gasteiger partial charge in [0.2, 0.25) is 4.21 Å². The maximum Gasteiger partial charge on any atom is 0.271 e. The number of nitrogens with one attached hydrogen (secondary N) is 2. The van der Waals surface area contributed by atoms with Crippen molar-refractivity contribution in [3.8, 4) is 11.4 Å². The Hall–Kier alpha value is -2.73. The number of sulfonamides is 1. The van der Waals surface area contributed by atoms with Crippen molar-refractivity contribution in [3.63, 3.8) is 0 Å². The highest BCUT2D eigenvalue weighted by atomic mass is 32.3. The lowest BCUT2D eigenvalue weighted by atomic mass is 10.2. The fourth-order valence-corrected chi connectivity index (χ4v) is 6.36. The monoisotopic (exact) mass is 431 g/mol. The molecule has 11 heteroatoms. The van der Waals surface area contributed by atoms with E-state index >= 15 is 0 Å². The van der Waals surface area contributed by atoms with Crippen LogP contribution >= 0.6 is 11.3 Å². The van der Waals surface area contributed by atoms with Gasteiger partial charge in [0.05, 0.1) is 0 Å². The molecule has 0 radical (unpaired) electrons. The van der Waals surface area contributed by atoms with Crippen LogP contribution in [-0.4, -0.2) is 33.6 Å². The molecule has 2 heterocycles. The second-order valence-electron chi connectivity index (χ2n) is 5.59. The Kier molecular flexibility index (Phi) is 5.13. The molecule has 2 aromatic heterocycles. The first-order valence-electron chi connectivity index (χ1n) is 7.96. The zero-order chi connectivity index (χ0) is 19.6. The van der Waals surface area contributed by atoms with E-state index in [2.05, 4.69) is 25.3 Å². The first kappa shape index (κ1) is 18.6. The van der Waals surface area contributed by atoms with Gasteiger partial charge in [0.1, 0.15) is 4.21 Å². The molecule has 4 rings (SSSR count). The molecule has 28 heavy (non-hydrogen) atoms. The van der Waals surface area contributed by atoms with E-state index in [9.17, 15) is 13.0 Å². The highest BCUT2D eigenvalue weighted by Crippen LogP contribution is 2.31. The number of thiophene rings is 1. The number of anilines is 1. The highest BCUT2D eigenvalue weighted by molar-refractivity contribution is 7.96. The van der Waals surface area contributed by atoms with E-state index in [0.29, 0.717) is 26.2 Å². The summed E-state index contributed by atoms with van der Waals surface area (Å²) in [7, 11) is -3.82. The third-order valence-corrected chi connectivity index (χ3v) is 8.35. The summed E-state index contributed by atoms with van der Waals surface area (Å²) in [5, 5.41) is 13.4. The van der Waals surface area contributed by atoms with Crippen LogP contribution in [0.15, 0.2) is 80.0 Å². The molecule has 0 saturated carbocycles. The van der Waals surface area contributed by atoms with Crippen molar-refractivity contribution in [3.05, 3.63) is 66.7 Å². The van der Waals surface area contributed by atoms with E-state index in [1.54, 1.807) is 54.6 Å². The third-order valence-electron chi connectivity index (χ3n) is 3.70. The van der Waals surface area contributed by atoms with E-state index < -0.39 is 21.2 Å². The zero-order valence-corrected chi connectivity index (χ0v) is 16.6. The predicted octanol–water partition coefficient (Wildman–Crippen LogP) is 2.90. The number of tetrazole rings is 1. The smallest absolute Gasteiger partial charge is 0.271 e. The molecule has 0 fully saturated rings. The molecule has 2 N–H and O–H groups in total. The van der Waals surface area contributed by atoms with Crippen molar-refractivity contribution >= 4 is 38.2 Å². The van der Waals surface area contributed by atoms with Crippen molar-refractivity contribution in [2.45, 2.75) is 13.3 Å². The van der Waals surface area contributed by atoms with Gasteiger partial charge in [0.25, 0.3) is 10.0 Å². The average molecular weight is 432 g/mol. The molecule has 0 amide bonds. The fraction of sp³-hybridized carbons (Fsp3) is 0. The van der Waals surface area contributed by atoms with E-state index in [1.807, 2.05) is 6.07 Å². The van der Waals surface area contributed by atoms with Crippen LogP contribution < -0.4 is 4.72 Å². The number of nitrogens with zero attached hydrogens (tertiary/aromatic N) is 3. The Morgan fingerprint density at radius 2 is 1.86 bits per heavy atom. The molecule has 0 aliphatic carbocycles. The zero-order valence-electron chi connectivity index (χ0n) is 14.1. The van der Waals surface area contributed by atoms with Crippen molar-refractivity contribution in [2.24, 2.45) is 0 Å². The summed E-state index contributed by atoms with van der Waals surface area (Å²) >= 11 is -0.456. The van der Waals surface area contributed by atoms with Gasteiger partial charge in [0.15, 0.2) is 10.7 Å². The first-order chi connectivity index (χ1) is 13.5. The van der Waals surface area contributed by atoms with E-state index in [4.69, 9.17) is 0 Å². The SMILES string of the molecule is O=S(=O)(Nc1cccc(-c2nnn[nH]2)c1)c1ccc([S+]([O-])c2ccccc2)s1. The van der Waals surface area contributed by atoms with Crippen molar-refractivity contribution in [2.75, 3.05) is 4.72 Å². The van der Waals surface area contributed by atoms with Gasteiger partial charge in [-0.25, -0.2) is 13.5 Å². The molecular formula is C17H13N5O3S3. The van der Waals surface area contributed by atoms with Gasteiger partial charge in [-0.1, -0.05) is 41.7 Å². The predicted molar refractivity (Wildman–Crippen MR) is 106 cm³/mol. The number of aromatic amines is 1. The van der Waals surface area contributed by atoms with Gasteiger partial charge < -0.3 is 4.55 Å². The molecule has 0 aliphatic rings. The van der Waals surface area contributed by atoms with E-state index in [-0.39, 0.29) is 4.21 Å². The van der Waals surface area contributed by atoms with Crippen LogP contribution in [0.1, 0.15) is 0 Å². The fourth-order valence-electron chi connectivity index (χ4n) is 2.42. The number of aromatic nitrogens is 4. The summed E-state index contributed by atoms with van der Waals surface area (Å²) in [6, 6.07) is 18.6. The van der Waals surface area contributed by atoms with Crippen LogP contribution in [0.4, 0.5) is 5.69 Å². The van der Waals surface area contributed by atoms with Gasteiger partial charge in [0, 0.05) is 28.5 Å². The molecule has 2 aromatic carbocycles. The molecule has 8 nitrogen and oxygen atoms in total. The van der Waals surface area contributed by atoms with E-state index in [1.165, 1.54) is 6.07 Å². The number of rotatable bonds is 6. The molecular weight excluding hydrogens is 418 g/mol. The first-order valence-corrected chi connectivity index (χ1v) is 11.4. The summed E-state index contributed by atoms with van der Waals surface area (Å²) in [5.41, 5.74) is 1.01. The highest BCUT2D eigenvalue weighted by Gasteiger charge is 2.23. The Morgan fingerprint density at radius 1 is 1.04 bits per heavy atom. The number of benzene rings is 2. The average Bonchev–Trinajstić information content (AvgIpc) is 3.40. The lowest BCUT2D eigenvalue weighted by Gasteiger charge is -2.08.